The van der Waals surface area contributed by atoms with E-state index in [9.17, 15) is 50.7 Å². The highest BCUT2D eigenvalue weighted by molar-refractivity contribution is 5.88. The van der Waals surface area contributed by atoms with Crippen LogP contribution in [-0.4, -0.2) is 107 Å². The van der Waals surface area contributed by atoms with Crippen molar-refractivity contribution in [3.8, 4) is 0 Å². The average molecular weight is 1100 g/mol. The van der Waals surface area contributed by atoms with E-state index in [0.717, 1.165) is 30.5 Å². The molecule has 21 heteroatoms. The number of alkyl carbamates (subject to hydrolysis) is 2. The van der Waals surface area contributed by atoms with E-state index in [4.69, 9.17) is 19.4 Å². The number of carboxylic acid groups (broad SMARTS) is 1. The number of likely N-dealkylation sites (tertiary alicyclic amines) is 1. The van der Waals surface area contributed by atoms with Gasteiger partial charge in [-0.05, 0) is 121 Å². The van der Waals surface area contributed by atoms with Gasteiger partial charge in [-0.2, -0.15) is 13.2 Å². The Morgan fingerprint density at radius 2 is 1.10 bits per heavy atom. The lowest BCUT2D eigenvalue weighted by molar-refractivity contribution is -0.192. The first kappa shape index (κ1) is 66.7. The topological polar surface area (TPSA) is 222 Å². The van der Waals surface area contributed by atoms with E-state index in [1.54, 1.807) is 82.8 Å². The molecule has 0 aliphatic carbocycles. The minimum Gasteiger partial charge on any atom is -0.475 e. The second-order valence-electron chi connectivity index (χ2n) is 20.0. The summed E-state index contributed by atoms with van der Waals surface area (Å²) in [5.41, 5.74) is 1.63. The first-order valence-electron chi connectivity index (χ1n) is 25.1. The lowest BCUT2D eigenvalue weighted by Gasteiger charge is -2.27. The summed E-state index contributed by atoms with van der Waals surface area (Å²) >= 11 is 0. The molecule has 0 spiro atoms. The van der Waals surface area contributed by atoms with E-state index < -0.39 is 59.5 Å². The summed E-state index contributed by atoms with van der Waals surface area (Å²) in [4.78, 5) is 83.0. The number of carboxylic acids is 1. The summed E-state index contributed by atoms with van der Waals surface area (Å²) in [5, 5.41) is 21.5. The lowest BCUT2D eigenvalue weighted by Crippen LogP contribution is -2.48. The molecular formula is C57H75F5N6O10. The molecule has 16 nitrogen and oxygen atoms in total. The van der Waals surface area contributed by atoms with Crippen molar-refractivity contribution in [2.24, 2.45) is 0 Å². The van der Waals surface area contributed by atoms with Crippen LogP contribution in [-0.2, 0) is 59.4 Å². The predicted octanol–water partition coefficient (Wildman–Crippen LogP) is 9.13. The number of benzene rings is 4. The van der Waals surface area contributed by atoms with Crippen LogP contribution in [0.1, 0.15) is 110 Å². The molecule has 5 amide bonds. The maximum absolute atomic E-state index is 14.3. The Morgan fingerprint density at radius 1 is 0.667 bits per heavy atom. The summed E-state index contributed by atoms with van der Waals surface area (Å²) < 4.78 is 70.1. The molecule has 2 aliphatic rings. The molecule has 78 heavy (non-hydrogen) atoms. The number of hydrogen-bond donors (Lipinski definition) is 6. The molecule has 2 aliphatic heterocycles. The van der Waals surface area contributed by atoms with E-state index in [0.29, 0.717) is 49.9 Å². The van der Waals surface area contributed by atoms with Crippen LogP contribution in [0.3, 0.4) is 0 Å². The van der Waals surface area contributed by atoms with Crippen molar-refractivity contribution in [1.29, 1.82) is 0 Å². The summed E-state index contributed by atoms with van der Waals surface area (Å²) in [5.74, 6) is -3.86. The molecule has 2 heterocycles. The van der Waals surface area contributed by atoms with Crippen molar-refractivity contribution in [2.75, 3.05) is 13.1 Å². The molecule has 0 unspecified atom stereocenters. The second kappa shape index (κ2) is 33.0. The van der Waals surface area contributed by atoms with Gasteiger partial charge >= 0.3 is 24.3 Å². The van der Waals surface area contributed by atoms with Crippen LogP contribution in [0.2, 0.25) is 0 Å². The highest BCUT2D eigenvalue weighted by Gasteiger charge is 2.38. The molecular weight excluding hydrogens is 1020 g/mol. The van der Waals surface area contributed by atoms with Crippen molar-refractivity contribution in [3.63, 3.8) is 0 Å². The average Bonchev–Trinajstić information content (AvgIpc) is 4.09. The van der Waals surface area contributed by atoms with Gasteiger partial charge in [0, 0.05) is 44.6 Å². The number of halogens is 5. The number of aliphatic carboxylic acids is 1. The summed E-state index contributed by atoms with van der Waals surface area (Å²) in [7, 11) is 0. The molecule has 428 valence electrons. The van der Waals surface area contributed by atoms with Gasteiger partial charge in [-0.15, -0.1) is 0 Å². The Bertz CT molecular complexity index is 2500. The molecule has 4 atom stereocenters. The third-order valence-corrected chi connectivity index (χ3v) is 11.2. The maximum Gasteiger partial charge on any atom is 0.490 e. The van der Waals surface area contributed by atoms with Crippen LogP contribution in [0.4, 0.5) is 31.5 Å². The maximum atomic E-state index is 14.3. The van der Waals surface area contributed by atoms with Gasteiger partial charge in [0.05, 0.1) is 6.04 Å². The number of ether oxygens (including phenoxy) is 2. The predicted molar refractivity (Wildman–Crippen MR) is 285 cm³/mol. The first-order chi connectivity index (χ1) is 36.2. The van der Waals surface area contributed by atoms with E-state index in [-0.39, 0.29) is 62.7 Å². The number of aldehydes is 1. The van der Waals surface area contributed by atoms with Gasteiger partial charge in [-0.3, -0.25) is 14.4 Å². The number of amides is 5. The van der Waals surface area contributed by atoms with Crippen LogP contribution in [0.15, 0.2) is 109 Å². The SMILES string of the molecule is C.CC(C)(C)OC(=O)N[C@@H](CC(=O)N1CCC[C@H]1C(=O)NCc1ccccc1)Cc1ccccc1F.CC(C)(C)OC(=O)N[C@@H](CC=O)Cc1ccccc1F.O=C(NCc1ccccc1)[C@@H]1CCCN1.O=C(O)C(F)(F)F. The summed E-state index contributed by atoms with van der Waals surface area (Å²) in [6.45, 7) is 12.9. The van der Waals surface area contributed by atoms with Gasteiger partial charge in [-0.1, -0.05) is 104 Å². The fraction of sp³-hybridized carbons (Fsp3) is 0.456. The standard InChI is InChI=1S/C27H34FN3O4.C15H20FNO3.C12H16N2O.C2HF3O2.CH4/c1-27(2,3)35-26(34)30-21(16-20-12-7-8-13-22(20)28)17-24(32)31-15-9-14-23(31)25(33)29-18-19-10-5-4-6-11-19;1-15(2,3)20-14(19)17-12(8-9-18)10-11-6-4-5-7-13(11)16;15-12(11-7-4-8-13-11)14-9-10-5-2-1-3-6-10;3-2(4,5)1(6)7;/h4-8,10-13,21,23H,9,14-18H2,1-3H3,(H,29,33)(H,30,34);4-7,9,12H,8,10H2,1-3H3,(H,17,19);1-3,5-6,11,13H,4,7-9H2,(H,14,15);(H,6,7);1H4/t21-,23+;12-;11-;;/m100../s1. The Balaban J connectivity index is 0.000000407. The second-order valence-corrected chi connectivity index (χ2v) is 20.0. The number of alkyl halides is 3. The summed E-state index contributed by atoms with van der Waals surface area (Å²) in [6.07, 6.45) is -1.93. The molecule has 0 radical (unpaired) electrons. The molecule has 2 fully saturated rings. The number of nitrogens with zero attached hydrogens (tertiary/aromatic N) is 1. The number of hydrogen-bond acceptors (Lipinski definition) is 10. The lowest BCUT2D eigenvalue weighted by atomic mass is 10.0. The van der Waals surface area contributed by atoms with Gasteiger partial charge in [0.25, 0.3) is 0 Å². The zero-order valence-electron chi connectivity index (χ0n) is 44.2. The molecule has 4 aromatic carbocycles. The molecule has 2 saturated heterocycles. The quantitative estimate of drug-likeness (QED) is 0.0459. The molecule has 6 rings (SSSR count). The van der Waals surface area contributed by atoms with Gasteiger partial charge in [-0.25, -0.2) is 23.2 Å². The molecule has 0 bridgehead atoms. The number of nitrogens with one attached hydrogen (secondary N) is 5. The number of carbonyl (C=O) groups excluding carboxylic acids is 6. The van der Waals surface area contributed by atoms with Crippen LogP contribution in [0.5, 0.6) is 0 Å². The van der Waals surface area contributed by atoms with Crippen LogP contribution >= 0.6 is 0 Å². The number of carbonyl (C=O) groups is 7. The minimum atomic E-state index is -5.08. The van der Waals surface area contributed by atoms with Gasteiger partial charge in [0.1, 0.15) is 35.2 Å². The minimum absolute atomic E-state index is 0. The Labute approximate surface area is 453 Å². The van der Waals surface area contributed by atoms with Gasteiger partial charge in [0.2, 0.25) is 17.7 Å². The normalized spacial score (nSPS) is 15.5. The first-order valence-corrected chi connectivity index (χ1v) is 25.1. The Morgan fingerprint density at radius 3 is 1.53 bits per heavy atom. The Kier molecular flexibility index (Phi) is 28.2. The number of rotatable bonds is 16. The highest BCUT2D eigenvalue weighted by Crippen LogP contribution is 2.22. The third kappa shape index (κ3) is 26.6. The van der Waals surface area contributed by atoms with Crippen molar-refractivity contribution in [1.82, 2.24) is 31.5 Å². The van der Waals surface area contributed by atoms with Crippen LogP contribution in [0.25, 0.3) is 0 Å². The third-order valence-electron chi connectivity index (χ3n) is 11.2. The van der Waals surface area contributed by atoms with Crippen molar-refractivity contribution >= 4 is 42.2 Å². The monoisotopic (exact) mass is 1100 g/mol. The molecule has 0 aromatic heterocycles. The smallest absolute Gasteiger partial charge is 0.475 e. The molecule has 6 N–H and O–H groups in total. The summed E-state index contributed by atoms with van der Waals surface area (Å²) in [6, 6.07) is 30.4. The van der Waals surface area contributed by atoms with Crippen LogP contribution < -0.4 is 26.6 Å². The zero-order valence-corrected chi connectivity index (χ0v) is 44.2. The van der Waals surface area contributed by atoms with Gasteiger partial charge < -0.3 is 50.9 Å². The van der Waals surface area contributed by atoms with E-state index in [1.807, 2.05) is 60.7 Å². The molecule has 0 saturated carbocycles. The van der Waals surface area contributed by atoms with E-state index >= 15 is 0 Å². The highest BCUT2D eigenvalue weighted by atomic mass is 19.4. The fourth-order valence-corrected chi connectivity index (χ4v) is 7.68. The van der Waals surface area contributed by atoms with Crippen molar-refractivity contribution in [3.05, 3.63) is 143 Å². The van der Waals surface area contributed by atoms with Gasteiger partial charge in [0.15, 0.2) is 0 Å². The molecule has 4 aromatic rings. The fourth-order valence-electron chi connectivity index (χ4n) is 7.68. The zero-order chi connectivity index (χ0) is 57.2. The largest absolute Gasteiger partial charge is 0.490 e. The van der Waals surface area contributed by atoms with Crippen molar-refractivity contribution in [2.45, 2.75) is 155 Å². The van der Waals surface area contributed by atoms with E-state index in [2.05, 4.69) is 26.6 Å². The van der Waals surface area contributed by atoms with Crippen LogP contribution in [0, 0.1) is 11.6 Å². The van der Waals surface area contributed by atoms with Crippen molar-refractivity contribution < 1.29 is 70.1 Å². The van der Waals surface area contributed by atoms with E-state index in [1.165, 1.54) is 12.1 Å². The Hall–Kier alpha value is -7.42.